The number of benzene rings is 1. The Morgan fingerprint density at radius 1 is 1.28 bits per heavy atom. The van der Waals surface area contributed by atoms with Crippen molar-refractivity contribution in [3.8, 4) is 0 Å². The third-order valence-corrected chi connectivity index (χ3v) is 10.7. The third kappa shape index (κ3) is 7.90. The largest absolute Gasteiger partial charge is 0.415 e. The predicted molar refractivity (Wildman–Crippen MR) is 123 cm³/mol. The number of ether oxygens (including phenoxy) is 1. The molecule has 0 heterocycles. The fraction of sp³-hybridized carbons (Fsp3) is 0.524. The first kappa shape index (κ1) is 25.3. The van der Waals surface area contributed by atoms with Gasteiger partial charge in [-0.15, -0.1) is 0 Å². The van der Waals surface area contributed by atoms with E-state index in [-0.39, 0.29) is 5.90 Å². The van der Waals surface area contributed by atoms with Crippen LogP contribution in [0.1, 0.15) is 43.6 Å². The summed E-state index contributed by atoms with van der Waals surface area (Å²) < 4.78 is 18.9. The van der Waals surface area contributed by atoms with Crippen molar-refractivity contribution in [1.29, 1.82) is 0 Å². The lowest BCUT2D eigenvalue weighted by Crippen LogP contribution is -2.28. The van der Waals surface area contributed by atoms with Crippen molar-refractivity contribution in [1.82, 2.24) is 4.90 Å². The summed E-state index contributed by atoms with van der Waals surface area (Å²) in [4.78, 5) is 18.6. The van der Waals surface area contributed by atoms with Crippen molar-refractivity contribution in [2.24, 2.45) is 5.16 Å². The van der Waals surface area contributed by atoms with Gasteiger partial charge in [-0.3, -0.25) is 0 Å². The second-order valence-electron chi connectivity index (χ2n) is 6.61. The zero-order chi connectivity index (χ0) is 21.9. The molecule has 1 unspecified atom stereocenters. The smallest absolute Gasteiger partial charge is 0.396 e. The number of carbonyl (C=O) groups is 1. The van der Waals surface area contributed by atoms with Crippen molar-refractivity contribution in [2.45, 2.75) is 38.9 Å². The highest BCUT2D eigenvalue weighted by Gasteiger charge is 2.33. The maximum Gasteiger partial charge on any atom is 0.415 e. The van der Waals surface area contributed by atoms with Gasteiger partial charge < -0.3 is 19.0 Å². The molecular formula is C21H33N2O4PS. The molecule has 0 N–H and O–H groups in total. The van der Waals surface area contributed by atoms with Crippen LogP contribution in [0.15, 0.2) is 41.6 Å². The lowest BCUT2D eigenvalue weighted by molar-refractivity contribution is 0.156. The van der Waals surface area contributed by atoms with Crippen molar-refractivity contribution >= 4 is 29.7 Å². The van der Waals surface area contributed by atoms with E-state index in [1.165, 1.54) is 23.4 Å². The Kier molecular flexibility index (Phi) is 11.1. The molecule has 0 saturated heterocycles. The molecule has 0 fully saturated rings. The second-order valence-corrected chi connectivity index (χ2v) is 12.8. The molecular weight excluding hydrogens is 407 g/mol. The zero-order valence-corrected chi connectivity index (χ0v) is 20.0. The van der Waals surface area contributed by atoms with Gasteiger partial charge in [0.25, 0.3) is 5.90 Å². The quantitative estimate of drug-likeness (QED) is 0.148. The lowest BCUT2D eigenvalue weighted by Gasteiger charge is -2.25. The van der Waals surface area contributed by atoms with Gasteiger partial charge in [0.05, 0.1) is 0 Å². The monoisotopic (exact) mass is 440 g/mol. The van der Waals surface area contributed by atoms with Gasteiger partial charge in [0, 0.05) is 26.4 Å². The summed E-state index contributed by atoms with van der Waals surface area (Å²) in [6.45, 7) is 5.84. The minimum Gasteiger partial charge on any atom is -0.396 e. The number of allylic oxidation sites excluding steroid dienone is 2. The Hall–Kier alpha value is -1.72. The van der Waals surface area contributed by atoms with E-state index in [0.717, 1.165) is 24.0 Å². The van der Waals surface area contributed by atoms with Crippen LogP contribution in [0.3, 0.4) is 0 Å². The van der Waals surface area contributed by atoms with E-state index >= 15 is 0 Å². The van der Waals surface area contributed by atoms with E-state index in [4.69, 9.17) is 9.57 Å². The minimum absolute atomic E-state index is 0.108. The Bertz CT molecular complexity index is 757. The number of aryl methyl sites for hydroxylation is 1. The van der Waals surface area contributed by atoms with Crippen LogP contribution in [-0.4, -0.2) is 50.4 Å². The highest BCUT2D eigenvalue weighted by Crippen LogP contribution is 2.64. The molecule has 0 bridgehead atoms. The Balaban J connectivity index is 3.46. The molecule has 0 aromatic heterocycles. The van der Waals surface area contributed by atoms with E-state index in [2.05, 4.69) is 11.2 Å². The Morgan fingerprint density at radius 2 is 1.93 bits per heavy atom. The molecule has 29 heavy (non-hydrogen) atoms. The van der Waals surface area contributed by atoms with Gasteiger partial charge in [0.15, 0.2) is 0 Å². The number of hydrogen-bond acceptors (Lipinski definition) is 6. The fourth-order valence-electron chi connectivity index (χ4n) is 2.61. The van der Waals surface area contributed by atoms with E-state index in [1.54, 1.807) is 14.1 Å². The average molecular weight is 441 g/mol. The molecule has 0 saturated carbocycles. The second kappa shape index (κ2) is 12.8. The van der Waals surface area contributed by atoms with E-state index in [0.29, 0.717) is 12.3 Å². The van der Waals surface area contributed by atoms with Crippen molar-refractivity contribution in [3.05, 3.63) is 47.5 Å². The number of carbonyl (C=O) groups excluding carboxylic acids is 1. The number of hydrogen-bond donors (Lipinski definition) is 0. The highest BCUT2D eigenvalue weighted by atomic mass is 32.7. The van der Waals surface area contributed by atoms with Crippen LogP contribution in [0, 0.1) is 0 Å². The topological polar surface area (TPSA) is 68.2 Å². The standard InChI is InChI=1S/C21H33N2O4PS/c1-7-10-11-14-17-15-12-13-16-18(17)19(29-28(25,8-2)9-3)20(22-26-6)27-21(24)23(4)5/h7,10,12-13,15-16,19H,8-9,11,14H2,1-6H3. The van der Waals surface area contributed by atoms with Crippen LogP contribution in [0.5, 0.6) is 0 Å². The normalized spacial score (nSPS) is 13.4. The first-order valence-corrected chi connectivity index (χ1v) is 13.3. The molecule has 0 spiro atoms. The number of rotatable bonds is 10. The van der Waals surface area contributed by atoms with Crippen molar-refractivity contribution < 1.29 is 18.9 Å². The summed E-state index contributed by atoms with van der Waals surface area (Å²) in [5, 5.41) is 3.50. The molecule has 1 aromatic rings. The molecule has 6 nitrogen and oxygen atoms in total. The number of nitrogens with zero attached hydrogens (tertiary/aromatic N) is 2. The van der Waals surface area contributed by atoms with Crippen LogP contribution < -0.4 is 0 Å². The van der Waals surface area contributed by atoms with Crippen LogP contribution in [0.4, 0.5) is 4.79 Å². The van der Waals surface area contributed by atoms with Crippen LogP contribution >= 0.6 is 17.7 Å². The molecule has 8 heteroatoms. The highest BCUT2D eigenvalue weighted by molar-refractivity contribution is 8.58. The summed E-state index contributed by atoms with van der Waals surface area (Å²) >= 11 is 1.33. The third-order valence-electron chi connectivity index (χ3n) is 4.38. The Morgan fingerprint density at radius 3 is 2.48 bits per heavy atom. The maximum absolute atomic E-state index is 13.3. The first-order chi connectivity index (χ1) is 13.8. The van der Waals surface area contributed by atoms with Gasteiger partial charge in [0.2, 0.25) is 0 Å². The summed E-state index contributed by atoms with van der Waals surface area (Å²) in [6, 6.07) is 7.94. The summed E-state index contributed by atoms with van der Waals surface area (Å²) in [6.07, 6.45) is 3.84. The molecule has 0 aliphatic rings. The van der Waals surface area contributed by atoms with Gasteiger partial charge in [-0.1, -0.05) is 66.8 Å². The number of amides is 1. The molecule has 0 radical (unpaired) electrons. The first-order valence-electron chi connectivity index (χ1n) is 9.77. The summed E-state index contributed by atoms with van der Waals surface area (Å²) in [5.41, 5.74) is 2.04. The molecule has 0 aliphatic heterocycles. The molecule has 0 aliphatic carbocycles. The van der Waals surface area contributed by atoms with Gasteiger partial charge >= 0.3 is 6.09 Å². The van der Waals surface area contributed by atoms with E-state index < -0.39 is 17.7 Å². The van der Waals surface area contributed by atoms with Gasteiger partial charge in [-0.25, -0.2) is 4.79 Å². The van der Waals surface area contributed by atoms with E-state index in [9.17, 15) is 9.36 Å². The van der Waals surface area contributed by atoms with Crippen molar-refractivity contribution in [2.75, 3.05) is 33.5 Å². The van der Waals surface area contributed by atoms with Gasteiger partial charge in [-0.2, -0.15) is 0 Å². The molecule has 1 rings (SSSR count). The predicted octanol–water partition coefficient (Wildman–Crippen LogP) is 5.95. The molecule has 162 valence electrons. The van der Waals surface area contributed by atoms with Crippen LogP contribution in [-0.2, 0) is 20.6 Å². The zero-order valence-electron chi connectivity index (χ0n) is 18.3. The maximum atomic E-state index is 13.3. The van der Waals surface area contributed by atoms with Crippen molar-refractivity contribution in [3.63, 3.8) is 0 Å². The minimum atomic E-state index is -2.54. The van der Waals surface area contributed by atoms with Gasteiger partial charge in [-0.05, 0) is 30.9 Å². The number of oxime groups is 1. The molecule has 1 atom stereocenters. The fourth-order valence-corrected chi connectivity index (χ4v) is 6.93. The lowest BCUT2D eigenvalue weighted by atomic mass is 10.00. The van der Waals surface area contributed by atoms with E-state index in [1.807, 2.05) is 51.1 Å². The summed E-state index contributed by atoms with van der Waals surface area (Å²) in [7, 11) is 4.61. The average Bonchev–Trinajstić information content (AvgIpc) is 2.72. The SMILES string of the molecule is CC=CCCc1ccccc1C(SP(=O)(CC)CC)C(=NOC)OC(=O)N(C)C. The van der Waals surface area contributed by atoms with Gasteiger partial charge in [0.1, 0.15) is 18.7 Å². The molecule has 1 amide bonds. The van der Waals surface area contributed by atoms with Crippen LogP contribution in [0.25, 0.3) is 0 Å². The van der Waals surface area contributed by atoms with Crippen LogP contribution in [0.2, 0.25) is 0 Å². The summed E-state index contributed by atoms with van der Waals surface area (Å²) in [5.74, 6) is 0.108. The molecule has 1 aromatic carbocycles. The Labute approximate surface area is 178 Å².